The van der Waals surface area contributed by atoms with Gasteiger partial charge in [-0.2, -0.15) is 0 Å². The van der Waals surface area contributed by atoms with Gasteiger partial charge in [0.15, 0.2) is 0 Å². The van der Waals surface area contributed by atoms with Crippen LogP contribution in [0.25, 0.3) is 0 Å². The number of carbonyl (C=O) groups is 1. The molecular formula is C11H14ClNO5S. The third-order valence-electron chi connectivity index (χ3n) is 2.26. The summed E-state index contributed by atoms with van der Waals surface area (Å²) in [6.45, 7) is 1.73. The zero-order chi connectivity index (χ0) is 14.6. The molecule has 0 saturated carbocycles. The van der Waals surface area contributed by atoms with Crippen LogP contribution in [-0.4, -0.2) is 32.4 Å². The second-order valence-electron chi connectivity index (χ2n) is 3.76. The molecule has 6 nitrogen and oxygen atoms in total. The van der Waals surface area contributed by atoms with E-state index >= 15 is 0 Å². The van der Waals surface area contributed by atoms with Crippen LogP contribution < -0.4 is 9.46 Å². The Morgan fingerprint density at radius 2 is 2.11 bits per heavy atom. The van der Waals surface area contributed by atoms with Crippen molar-refractivity contribution >= 4 is 33.3 Å². The van der Waals surface area contributed by atoms with E-state index in [-0.39, 0.29) is 27.8 Å². The molecule has 0 spiro atoms. The number of hydrogen-bond acceptors (Lipinski definition) is 4. The highest BCUT2D eigenvalue weighted by molar-refractivity contribution is 7.92. The Bertz CT molecular complexity index is 585. The summed E-state index contributed by atoms with van der Waals surface area (Å²) >= 11 is 5.86. The van der Waals surface area contributed by atoms with Gasteiger partial charge in [0.1, 0.15) is 11.3 Å². The molecule has 1 aromatic carbocycles. The standard InChI is InChI=1S/C11H14ClNO5S/c1-3-4-19(16,17)13-9-6-10(18-2)7(11(14)15)5-8(9)12/h5-6,13H,3-4H2,1-2H3,(H,14,15). The average molecular weight is 308 g/mol. The van der Waals surface area contributed by atoms with Crippen LogP contribution >= 0.6 is 11.6 Å². The van der Waals surface area contributed by atoms with Crippen molar-refractivity contribution in [3.05, 3.63) is 22.7 Å². The molecule has 0 bridgehead atoms. The summed E-state index contributed by atoms with van der Waals surface area (Å²) in [4.78, 5) is 11.0. The minimum absolute atomic E-state index is 0.00196. The first kappa shape index (κ1) is 15.6. The maximum Gasteiger partial charge on any atom is 0.339 e. The first-order valence-electron chi connectivity index (χ1n) is 5.42. The van der Waals surface area contributed by atoms with Gasteiger partial charge in [-0.3, -0.25) is 4.72 Å². The molecule has 0 heterocycles. The molecule has 1 aromatic rings. The molecule has 0 aliphatic carbocycles. The quantitative estimate of drug-likeness (QED) is 0.840. The Kier molecular flexibility index (Phi) is 5.02. The summed E-state index contributed by atoms with van der Waals surface area (Å²) in [5.74, 6) is -1.22. The van der Waals surface area contributed by atoms with E-state index in [9.17, 15) is 13.2 Å². The van der Waals surface area contributed by atoms with Crippen molar-refractivity contribution in [2.75, 3.05) is 17.6 Å². The van der Waals surface area contributed by atoms with Crippen molar-refractivity contribution in [1.29, 1.82) is 0 Å². The van der Waals surface area contributed by atoms with E-state index in [0.717, 1.165) is 6.07 Å². The summed E-state index contributed by atoms with van der Waals surface area (Å²) in [5.41, 5.74) is -0.0390. The summed E-state index contributed by atoms with van der Waals surface area (Å²) < 4.78 is 30.5. The van der Waals surface area contributed by atoms with Crippen LogP contribution in [0.3, 0.4) is 0 Å². The first-order valence-corrected chi connectivity index (χ1v) is 7.45. The predicted octanol–water partition coefficient (Wildman–Crippen LogP) is 2.20. The van der Waals surface area contributed by atoms with E-state index < -0.39 is 16.0 Å². The number of nitrogens with one attached hydrogen (secondary N) is 1. The number of sulfonamides is 1. The zero-order valence-corrected chi connectivity index (χ0v) is 12.0. The number of carboxylic acid groups (broad SMARTS) is 1. The van der Waals surface area contributed by atoms with E-state index in [1.165, 1.54) is 13.2 Å². The van der Waals surface area contributed by atoms with Crippen LogP contribution in [0.2, 0.25) is 5.02 Å². The maximum absolute atomic E-state index is 11.6. The Morgan fingerprint density at radius 3 is 2.58 bits per heavy atom. The average Bonchev–Trinajstić information content (AvgIpc) is 2.30. The molecule has 0 aromatic heterocycles. The van der Waals surface area contributed by atoms with Gasteiger partial charge in [-0.15, -0.1) is 0 Å². The first-order chi connectivity index (χ1) is 8.80. The molecule has 0 saturated heterocycles. The van der Waals surface area contributed by atoms with Gasteiger partial charge < -0.3 is 9.84 Å². The maximum atomic E-state index is 11.6. The number of carboxylic acids is 1. The van der Waals surface area contributed by atoms with Crippen molar-refractivity contribution < 1.29 is 23.1 Å². The summed E-state index contributed by atoms with van der Waals surface area (Å²) in [5, 5.41) is 8.95. The molecule has 0 aliphatic rings. The summed E-state index contributed by atoms with van der Waals surface area (Å²) in [7, 11) is -2.21. The van der Waals surface area contributed by atoms with E-state index in [4.69, 9.17) is 21.4 Å². The highest BCUT2D eigenvalue weighted by Crippen LogP contribution is 2.31. The summed E-state index contributed by atoms with van der Waals surface area (Å²) in [6, 6.07) is 2.39. The molecule has 0 amide bonds. The predicted molar refractivity (Wildman–Crippen MR) is 72.7 cm³/mol. The van der Waals surface area contributed by atoms with Crippen molar-refractivity contribution in [2.45, 2.75) is 13.3 Å². The van der Waals surface area contributed by atoms with E-state index in [1.807, 2.05) is 0 Å². The lowest BCUT2D eigenvalue weighted by Crippen LogP contribution is -2.16. The van der Waals surface area contributed by atoms with Gasteiger partial charge in [-0.25, -0.2) is 13.2 Å². The minimum Gasteiger partial charge on any atom is -0.496 e. The highest BCUT2D eigenvalue weighted by atomic mass is 35.5. The van der Waals surface area contributed by atoms with E-state index in [2.05, 4.69) is 4.72 Å². The molecule has 19 heavy (non-hydrogen) atoms. The van der Waals surface area contributed by atoms with E-state index in [1.54, 1.807) is 6.92 Å². The van der Waals surface area contributed by atoms with Crippen LogP contribution in [0, 0.1) is 0 Å². The van der Waals surface area contributed by atoms with Gasteiger partial charge in [-0.05, 0) is 12.5 Å². The van der Waals surface area contributed by atoms with Crippen LogP contribution in [-0.2, 0) is 10.0 Å². The fourth-order valence-corrected chi connectivity index (χ4v) is 2.87. The Hall–Kier alpha value is -1.47. The normalized spacial score (nSPS) is 11.1. The minimum atomic E-state index is -3.50. The fourth-order valence-electron chi connectivity index (χ4n) is 1.45. The van der Waals surface area contributed by atoms with Crippen molar-refractivity contribution in [3.63, 3.8) is 0 Å². The number of aromatic carboxylic acids is 1. The molecule has 2 N–H and O–H groups in total. The van der Waals surface area contributed by atoms with Gasteiger partial charge in [0.25, 0.3) is 0 Å². The number of hydrogen-bond donors (Lipinski definition) is 2. The van der Waals surface area contributed by atoms with Crippen LogP contribution in [0.4, 0.5) is 5.69 Å². The number of anilines is 1. The zero-order valence-electron chi connectivity index (χ0n) is 10.4. The smallest absolute Gasteiger partial charge is 0.339 e. The molecule has 106 valence electrons. The van der Waals surface area contributed by atoms with Gasteiger partial charge in [-0.1, -0.05) is 18.5 Å². The largest absolute Gasteiger partial charge is 0.496 e. The number of rotatable bonds is 6. The molecule has 1 rings (SSSR count). The van der Waals surface area contributed by atoms with Gasteiger partial charge in [0.2, 0.25) is 10.0 Å². The number of halogens is 1. The number of ether oxygens (including phenoxy) is 1. The van der Waals surface area contributed by atoms with Gasteiger partial charge in [0, 0.05) is 6.07 Å². The topological polar surface area (TPSA) is 92.7 Å². The van der Waals surface area contributed by atoms with Crippen LogP contribution in [0.15, 0.2) is 12.1 Å². The lowest BCUT2D eigenvalue weighted by Gasteiger charge is -2.12. The van der Waals surface area contributed by atoms with Crippen molar-refractivity contribution in [2.24, 2.45) is 0 Å². The third-order valence-corrected chi connectivity index (χ3v) is 4.05. The Balaban J connectivity index is 3.21. The monoisotopic (exact) mass is 307 g/mol. The molecule has 0 fully saturated rings. The van der Waals surface area contributed by atoms with Crippen molar-refractivity contribution in [3.8, 4) is 5.75 Å². The molecule has 8 heteroatoms. The second kappa shape index (κ2) is 6.12. The second-order valence-corrected chi connectivity index (χ2v) is 6.01. The van der Waals surface area contributed by atoms with Crippen LogP contribution in [0.1, 0.15) is 23.7 Å². The third kappa shape index (κ3) is 4.00. The Labute approximate surface area is 116 Å². The van der Waals surface area contributed by atoms with Gasteiger partial charge >= 0.3 is 5.97 Å². The lowest BCUT2D eigenvalue weighted by atomic mass is 10.2. The number of benzene rings is 1. The van der Waals surface area contributed by atoms with Crippen LogP contribution in [0.5, 0.6) is 5.75 Å². The highest BCUT2D eigenvalue weighted by Gasteiger charge is 2.17. The SMILES string of the molecule is CCCS(=O)(=O)Nc1cc(OC)c(C(=O)O)cc1Cl. The molecule has 0 atom stereocenters. The summed E-state index contributed by atoms with van der Waals surface area (Å²) in [6.07, 6.45) is 0.456. The molecule has 0 radical (unpaired) electrons. The molecule has 0 unspecified atom stereocenters. The van der Waals surface area contributed by atoms with Gasteiger partial charge in [0.05, 0.1) is 23.6 Å². The van der Waals surface area contributed by atoms with Crippen molar-refractivity contribution in [1.82, 2.24) is 0 Å². The molecular weight excluding hydrogens is 294 g/mol. The lowest BCUT2D eigenvalue weighted by molar-refractivity contribution is 0.0693. The van der Waals surface area contributed by atoms with E-state index in [0.29, 0.717) is 6.42 Å². The molecule has 0 aliphatic heterocycles. The Morgan fingerprint density at radius 1 is 1.47 bits per heavy atom. The fraction of sp³-hybridized carbons (Fsp3) is 0.364. The number of methoxy groups -OCH3 is 1.